The minimum Gasteiger partial charge on any atom is -0.321 e. The van der Waals surface area contributed by atoms with E-state index in [0.717, 1.165) is 4.90 Å². The standard InChI is InChI=1S/C24H19FN5O5/c25-14-5-7-15(8-6-14)26-22(31)20-11-27-12-21-23(32)28(24(33)30(20,21)13-27)18-9-10-19(29(34)35)17-4-2-1-3-16(17)18/h1-10,20-21H,11-13H2,(H-,26,31,34,35)/q+1/p+1. The number of fused-ring (bicyclic) bond motifs is 2. The SMILES string of the molecule is O=C(Nc1ccc(F)cc1)C1C[N@@]2CC3C(=O)N(c4ccc([N+](=O)O)c5ccccc45)C(=O)[N+]13C2. The monoisotopic (exact) mass is 477 g/mol. The Labute approximate surface area is 197 Å². The van der Waals surface area contributed by atoms with E-state index in [1.54, 1.807) is 24.3 Å². The van der Waals surface area contributed by atoms with Gasteiger partial charge in [-0.1, -0.05) is 18.2 Å². The van der Waals surface area contributed by atoms with Crippen LogP contribution in [0.25, 0.3) is 10.8 Å². The number of nitrogens with zero attached hydrogens (tertiary/aromatic N) is 4. The lowest BCUT2D eigenvalue weighted by Crippen LogP contribution is -2.63. The van der Waals surface area contributed by atoms with Crippen LogP contribution in [0.15, 0.2) is 60.7 Å². The number of piperazine rings is 1. The van der Waals surface area contributed by atoms with Gasteiger partial charge in [0.2, 0.25) is 0 Å². The van der Waals surface area contributed by atoms with Crippen LogP contribution in [0.2, 0.25) is 0 Å². The molecule has 3 saturated heterocycles. The van der Waals surface area contributed by atoms with E-state index < -0.39 is 35.7 Å². The number of carbonyl (C=O) groups excluding carboxylic acids is 3. The Morgan fingerprint density at radius 3 is 2.46 bits per heavy atom. The molecule has 10 nitrogen and oxygen atoms in total. The lowest BCUT2D eigenvalue weighted by molar-refractivity contribution is -0.852. The quantitative estimate of drug-likeness (QED) is 0.340. The minimum absolute atomic E-state index is 0.0140. The topological polar surface area (TPSA) is 110 Å². The number of rotatable bonds is 4. The van der Waals surface area contributed by atoms with Gasteiger partial charge in [0.15, 0.2) is 12.1 Å². The molecule has 3 aliphatic heterocycles. The van der Waals surface area contributed by atoms with Crippen molar-refractivity contribution in [1.82, 2.24) is 4.90 Å². The zero-order valence-corrected chi connectivity index (χ0v) is 18.3. The van der Waals surface area contributed by atoms with Gasteiger partial charge in [0.25, 0.3) is 16.7 Å². The Balaban J connectivity index is 1.40. The van der Waals surface area contributed by atoms with Crippen LogP contribution in [0.1, 0.15) is 0 Å². The first kappa shape index (κ1) is 21.3. The van der Waals surface area contributed by atoms with Gasteiger partial charge in [-0.05, 0) is 36.4 Å². The number of halogens is 1. The highest BCUT2D eigenvalue weighted by Gasteiger charge is 2.73. The van der Waals surface area contributed by atoms with Gasteiger partial charge in [0.1, 0.15) is 12.5 Å². The maximum Gasteiger partial charge on any atom is 0.433 e. The second kappa shape index (κ2) is 7.39. The summed E-state index contributed by atoms with van der Waals surface area (Å²) in [6.07, 6.45) is 0. The highest BCUT2D eigenvalue weighted by molar-refractivity contribution is 6.22. The van der Waals surface area contributed by atoms with Crippen LogP contribution in [0.5, 0.6) is 0 Å². The maximum absolute atomic E-state index is 14.0. The van der Waals surface area contributed by atoms with Gasteiger partial charge in [-0.2, -0.15) is 4.90 Å². The van der Waals surface area contributed by atoms with Crippen molar-refractivity contribution in [1.29, 1.82) is 0 Å². The molecule has 3 fully saturated rings. The number of nitrogens with one attached hydrogen (secondary N) is 1. The van der Waals surface area contributed by atoms with Gasteiger partial charge >= 0.3 is 11.7 Å². The third kappa shape index (κ3) is 2.92. The summed E-state index contributed by atoms with van der Waals surface area (Å²) in [5, 5.41) is 13.1. The van der Waals surface area contributed by atoms with E-state index in [2.05, 4.69) is 5.32 Å². The molecule has 3 heterocycles. The summed E-state index contributed by atoms with van der Waals surface area (Å²) in [4.78, 5) is 55.2. The van der Waals surface area contributed by atoms with Crippen LogP contribution in [0, 0.1) is 10.7 Å². The van der Waals surface area contributed by atoms with E-state index in [-0.39, 0.29) is 21.8 Å². The molecule has 11 heteroatoms. The van der Waals surface area contributed by atoms with Gasteiger partial charge in [0, 0.05) is 17.1 Å². The Bertz CT molecular complexity index is 1440. The predicted molar refractivity (Wildman–Crippen MR) is 121 cm³/mol. The zero-order valence-electron chi connectivity index (χ0n) is 18.3. The first-order chi connectivity index (χ1) is 16.8. The number of benzene rings is 3. The third-order valence-electron chi connectivity index (χ3n) is 7.20. The lowest BCUT2D eigenvalue weighted by Gasteiger charge is -2.32. The van der Waals surface area contributed by atoms with Crippen LogP contribution >= 0.6 is 0 Å². The molecule has 0 aliphatic carbocycles. The summed E-state index contributed by atoms with van der Waals surface area (Å²) in [6.45, 7) is 0.891. The normalized spacial score (nSPS) is 26.9. The van der Waals surface area contributed by atoms with Crippen molar-refractivity contribution in [3.8, 4) is 0 Å². The summed E-state index contributed by atoms with van der Waals surface area (Å²) in [5.41, 5.74) is 0.673. The molecule has 4 atom stereocenters. The summed E-state index contributed by atoms with van der Waals surface area (Å²) in [7, 11) is 0. The molecular weight excluding hydrogens is 457 g/mol. The van der Waals surface area contributed by atoms with E-state index >= 15 is 0 Å². The molecule has 35 heavy (non-hydrogen) atoms. The van der Waals surface area contributed by atoms with Crippen LogP contribution in [0.3, 0.4) is 0 Å². The van der Waals surface area contributed by atoms with Crippen molar-refractivity contribution >= 4 is 45.7 Å². The fraction of sp³-hybridized carbons (Fsp3) is 0.208. The van der Waals surface area contributed by atoms with Crippen molar-refractivity contribution < 1.29 is 33.4 Å². The maximum atomic E-state index is 14.0. The summed E-state index contributed by atoms with van der Waals surface area (Å²) < 4.78 is 12.9. The van der Waals surface area contributed by atoms with Gasteiger partial charge < -0.3 is 5.32 Å². The Morgan fingerprint density at radius 2 is 1.74 bits per heavy atom. The number of hydrogen-bond donors (Lipinski definition) is 2. The minimum atomic E-state index is -0.819. The molecule has 6 rings (SSSR count). The highest BCUT2D eigenvalue weighted by atomic mass is 19.1. The molecular formula is C24H20FN5O5+2. The first-order valence-electron chi connectivity index (χ1n) is 11.0. The van der Waals surface area contributed by atoms with E-state index in [1.807, 2.05) is 4.90 Å². The van der Waals surface area contributed by atoms with Crippen molar-refractivity contribution in [3.05, 3.63) is 71.4 Å². The third-order valence-corrected chi connectivity index (χ3v) is 7.20. The summed E-state index contributed by atoms with van der Waals surface area (Å²) in [6, 6.07) is 12.7. The number of amides is 4. The molecule has 0 radical (unpaired) electrons. The van der Waals surface area contributed by atoms with Crippen LogP contribution in [0.4, 0.5) is 26.2 Å². The predicted octanol–water partition coefficient (Wildman–Crippen LogP) is 2.72. The molecule has 1 spiro atoms. The van der Waals surface area contributed by atoms with Crippen molar-refractivity contribution in [2.45, 2.75) is 12.1 Å². The van der Waals surface area contributed by atoms with Crippen molar-refractivity contribution in [2.75, 3.05) is 30.0 Å². The largest absolute Gasteiger partial charge is 0.433 e. The fourth-order valence-electron chi connectivity index (χ4n) is 5.65. The molecule has 0 aromatic heterocycles. The summed E-state index contributed by atoms with van der Waals surface area (Å²) in [5.74, 6) is -1.28. The first-order valence-corrected chi connectivity index (χ1v) is 11.0. The average molecular weight is 477 g/mol. The smallest absolute Gasteiger partial charge is 0.321 e. The van der Waals surface area contributed by atoms with E-state index in [4.69, 9.17) is 0 Å². The van der Waals surface area contributed by atoms with Gasteiger partial charge in [-0.25, -0.2) is 23.8 Å². The molecule has 2 N–H and O–H groups in total. The van der Waals surface area contributed by atoms with Gasteiger partial charge in [-0.15, -0.1) is 0 Å². The van der Waals surface area contributed by atoms with Crippen LogP contribution < -0.4 is 10.2 Å². The van der Waals surface area contributed by atoms with Crippen molar-refractivity contribution in [3.63, 3.8) is 0 Å². The fourth-order valence-corrected chi connectivity index (χ4v) is 5.65. The van der Waals surface area contributed by atoms with Crippen LogP contribution in [-0.2, 0) is 9.59 Å². The molecule has 3 unspecified atom stereocenters. The number of urea groups is 1. The molecule has 3 aromatic rings. The zero-order chi connectivity index (χ0) is 24.5. The molecule has 3 aromatic carbocycles. The summed E-state index contributed by atoms with van der Waals surface area (Å²) >= 11 is 0. The number of hydrogen-bond acceptors (Lipinski definition) is 5. The second-order valence-corrected chi connectivity index (χ2v) is 9.01. The lowest BCUT2D eigenvalue weighted by atomic mass is 10.1. The average Bonchev–Trinajstić information content (AvgIpc) is 3.48. The number of quaternary nitrogens is 1. The van der Waals surface area contributed by atoms with Gasteiger partial charge in [0.05, 0.1) is 29.1 Å². The molecule has 176 valence electrons. The number of imide groups is 1. The second-order valence-electron chi connectivity index (χ2n) is 9.01. The molecule has 4 amide bonds. The molecule has 2 bridgehead atoms. The molecule has 3 aliphatic rings. The highest BCUT2D eigenvalue weighted by Crippen LogP contribution is 2.45. The Hall–Kier alpha value is -4.22. The Kier molecular flexibility index (Phi) is 4.50. The van der Waals surface area contributed by atoms with E-state index in [9.17, 15) is 28.9 Å². The number of anilines is 2. The van der Waals surface area contributed by atoms with Crippen molar-refractivity contribution in [2.24, 2.45) is 0 Å². The van der Waals surface area contributed by atoms with Gasteiger partial charge in [-0.3, -0.25) is 9.59 Å². The Morgan fingerprint density at radius 1 is 1.03 bits per heavy atom. The van der Waals surface area contributed by atoms with E-state index in [1.165, 1.54) is 36.4 Å². The number of carbonyl (C=O) groups is 3. The van der Waals surface area contributed by atoms with Crippen LogP contribution in [-0.4, -0.2) is 69.2 Å². The van der Waals surface area contributed by atoms with E-state index in [0.29, 0.717) is 35.2 Å². The molecule has 0 saturated carbocycles.